The Balaban J connectivity index is 3.75. The van der Waals surface area contributed by atoms with Gasteiger partial charge in [-0.25, -0.2) is 0 Å². The number of ether oxygens (including phenoxy) is 1. The minimum atomic E-state index is -1.09. The minimum absolute atomic E-state index is 0.173. The summed E-state index contributed by atoms with van der Waals surface area (Å²) in [6, 6.07) is -0.581. The predicted octanol–water partition coefficient (Wildman–Crippen LogP) is -0.287. The summed E-state index contributed by atoms with van der Waals surface area (Å²) in [5.41, 5.74) is 10.1. The lowest BCUT2D eigenvalue weighted by Gasteiger charge is -2.20. The Hall–Kier alpha value is -0.650. The first kappa shape index (κ1) is 13.4. The van der Waals surface area contributed by atoms with Crippen LogP contribution in [0.15, 0.2) is 0 Å². The van der Waals surface area contributed by atoms with E-state index < -0.39 is 17.9 Å². The number of carbonyl (C=O) groups is 1. The molecule has 0 aromatic heterocycles. The normalized spacial score (nSPS) is 16.1. The summed E-state index contributed by atoms with van der Waals surface area (Å²) in [6.45, 7) is 5.38. The second-order valence-corrected chi connectivity index (χ2v) is 4.28. The largest absolute Gasteiger partial charge is 0.460 e. The molecule has 0 saturated carbocycles. The molecule has 0 amide bonds. The van der Waals surface area contributed by atoms with Crippen LogP contribution in [0.1, 0.15) is 33.6 Å². The summed E-state index contributed by atoms with van der Waals surface area (Å²) in [5, 5.41) is 8.87. The lowest BCUT2D eigenvalue weighted by atomic mass is 10.1. The Morgan fingerprint density at radius 3 is 2.29 bits per heavy atom. The van der Waals surface area contributed by atoms with Gasteiger partial charge in [0, 0.05) is 12.5 Å². The summed E-state index contributed by atoms with van der Waals surface area (Å²) in [6.07, 6.45) is -0.586. The summed E-state index contributed by atoms with van der Waals surface area (Å²) in [5.74, 6) is -0.325. The van der Waals surface area contributed by atoms with Crippen LogP contribution in [0.5, 0.6) is 0 Å². The van der Waals surface area contributed by atoms with Crippen LogP contribution in [0, 0.1) is 0 Å². The van der Waals surface area contributed by atoms with Crippen molar-refractivity contribution < 1.29 is 14.6 Å². The van der Waals surface area contributed by atoms with Gasteiger partial charge < -0.3 is 21.3 Å². The van der Waals surface area contributed by atoms with Gasteiger partial charge in [0.25, 0.3) is 0 Å². The Bertz CT molecular complexity index is 187. The van der Waals surface area contributed by atoms with Crippen molar-refractivity contribution in [1.29, 1.82) is 0 Å². The summed E-state index contributed by atoms with van der Waals surface area (Å²) >= 11 is 0. The number of esters is 1. The molecule has 84 valence electrons. The molecule has 0 saturated heterocycles. The van der Waals surface area contributed by atoms with Crippen LogP contribution in [-0.4, -0.2) is 28.9 Å². The summed E-state index contributed by atoms with van der Waals surface area (Å²) in [7, 11) is 0. The average Bonchev–Trinajstić information content (AvgIpc) is 1.96. The number of rotatable bonds is 4. The van der Waals surface area contributed by atoms with Crippen LogP contribution in [0.3, 0.4) is 0 Å². The van der Waals surface area contributed by atoms with Crippen LogP contribution < -0.4 is 11.5 Å². The van der Waals surface area contributed by atoms with Gasteiger partial charge in [-0.2, -0.15) is 0 Å². The molecule has 5 nitrogen and oxygen atoms in total. The van der Waals surface area contributed by atoms with Crippen molar-refractivity contribution in [3.63, 3.8) is 0 Å². The molecule has 0 aliphatic rings. The van der Waals surface area contributed by atoms with Gasteiger partial charge in [-0.15, -0.1) is 0 Å². The monoisotopic (exact) mass is 204 g/mol. The van der Waals surface area contributed by atoms with Gasteiger partial charge >= 0.3 is 5.97 Å². The van der Waals surface area contributed by atoms with Crippen molar-refractivity contribution in [3.8, 4) is 0 Å². The van der Waals surface area contributed by atoms with Gasteiger partial charge in [0.15, 0.2) is 0 Å². The van der Waals surface area contributed by atoms with E-state index >= 15 is 0 Å². The van der Waals surface area contributed by atoms with Crippen molar-refractivity contribution in [1.82, 2.24) is 0 Å². The Kier molecular flexibility index (Phi) is 5.04. The molecule has 14 heavy (non-hydrogen) atoms. The molecule has 0 rings (SSSR count). The van der Waals surface area contributed by atoms with Crippen molar-refractivity contribution >= 4 is 5.97 Å². The number of carbonyl (C=O) groups excluding carboxylic acids is 1. The molecule has 5 N–H and O–H groups in total. The Morgan fingerprint density at radius 2 is 1.93 bits per heavy atom. The van der Waals surface area contributed by atoms with Crippen molar-refractivity contribution in [2.24, 2.45) is 11.5 Å². The van der Waals surface area contributed by atoms with E-state index in [1.165, 1.54) is 0 Å². The van der Waals surface area contributed by atoms with Crippen LogP contribution in [-0.2, 0) is 9.53 Å². The number of hydrogen-bond donors (Lipinski definition) is 3. The molecule has 5 heteroatoms. The van der Waals surface area contributed by atoms with Crippen molar-refractivity contribution in [2.45, 2.75) is 51.5 Å². The fraction of sp³-hybridized carbons (Fsp3) is 0.889. The third kappa shape index (κ3) is 6.82. The molecule has 0 spiro atoms. The first-order chi connectivity index (χ1) is 6.22. The molecule has 0 heterocycles. The predicted molar refractivity (Wildman–Crippen MR) is 53.2 cm³/mol. The molecule has 2 atom stereocenters. The zero-order valence-corrected chi connectivity index (χ0v) is 8.99. The molecule has 1 unspecified atom stereocenters. The Labute approximate surface area is 84.4 Å². The van der Waals surface area contributed by atoms with Gasteiger partial charge in [0.05, 0.1) is 0 Å². The highest BCUT2D eigenvalue weighted by atomic mass is 16.6. The second-order valence-electron chi connectivity index (χ2n) is 4.28. The maximum Gasteiger partial charge on any atom is 0.306 e. The van der Waals surface area contributed by atoms with E-state index in [1.54, 1.807) is 20.8 Å². The second kappa shape index (κ2) is 5.29. The number of nitrogens with two attached hydrogens (primary N) is 2. The van der Waals surface area contributed by atoms with E-state index in [-0.39, 0.29) is 12.4 Å². The molecule has 0 fully saturated rings. The van der Waals surface area contributed by atoms with Gasteiger partial charge in [-0.05, 0) is 27.2 Å². The van der Waals surface area contributed by atoms with E-state index in [4.69, 9.17) is 21.3 Å². The van der Waals surface area contributed by atoms with E-state index in [0.29, 0.717) is 6.42 Å². The highest BCUT2D eigenvalue weighted by Crippen LogP contribution is 2.09. The van der Waals surface area contributed by atoms with Crippen molar-refractivity contribution in [2.75, 3.05) is 0 Å². The fourth-order valence-electron chi connectivity index (χ4n) is 0.848. The van der Waals surface area contributed by atoms with Crippen molar-refractivity contribution in [3.05, 3.63) is 0 Å². The summed E-state index contributed by atoms with van der Waals surface area (Å²) < 4.78 is 5.05. The minimum Gasteiger partial charge on any atom is -0.460 e. The maximum atomic E-state index is 11.2. The van der Waals surface area contributed by atoms with Crippen LogP contribution in [0.25, 0.3) is 0 Å². The van der Waals surface area contributed by atoms with E-state index in [2.05, 4.69) is 0 Å². The molecule has 0 aliphatic carbocycles. The smallest absolute Gasteiger partial charge is 0.306 e. The number of hydrogen-bond acceptors (Lipinski definition) is 5. The Morgan fingerprint density at radius 1 is 1.43 bits per heavy atom. The first-order valence-electron chi connectivity index (χ1n) is 4.63. The number of aliphatic hydroxyl groups excluding tert-OH is 1. The lowest BCUT2D eigenvalue weighted by Crippen LogP contribution is -2.41. The quantitative estimate of drug-likeness (QED) is 0.432. The van der Waals surface area contributed by atoms with E-state index in [9.17, 15) is 4.79 Å². The average molecular weight is 204 g/mol. The topological polar surface area (TPSA) is 98.6 Å². The highest BCUT2D eigenvalue weighted by Gasteiger charge is 2.18. The van der Waals surface area contributed by atoms with Gasteiger partial charge in [-0.3, -0.25) is 4.79 Å². The molecule has 0 radical (unpaired) electrons. The highest BCUT2D eigenvalue weighted by molar-refractivity contribution is 5.69. The zero-order chi connectivity index (χ0) is 11.4. The molecule has 0 aliphatic heterocycles. The first-order valence-corrected chi connectivity index (χ1v) is 4.63. The lowest BCUT2D eigenvalue weighted by molar-refractivity contribution is -0.155. The molecule has 0 aromatic rings. The molecular weight excluding hydrogens is 184 g/mol. The standard InChI is InChI=1S/C9H20N2O3/c1-9(2,3)14-7(12)5-4-6(10)8(11)13/h6,8,13H,4-5,10-11H2,1-3H3/t6-,8?/m0/s1. The summed E-state index contributed by atoms with van der Waals surface area (Å²) in [4.78, 5) is 11.2. The van der Waals surface area contributed by atoms with Gasteiger partial charge in [0.2, 0.25) is 0 Å². The van der Waals surface area contributed by atoms with Gasteiger partial charge in [-0.1, -0.05) is 0 Å². The van der Waals surface area contributed by atoms with Crippen LogP contribution in [0.2, 0.25) is 0 Å². The number of aliphatic hydroxyl groups is 1. The van der Waals surface area contributed by atoms with Crippen LogP contribution in [0.4, 0.5) is 0 Å². The third-order valence-corrected chi connectivity index (χ3v) is 1.54. The molecular formula is C9H20N2O3. The molecule has 0 bridgehead atoms. The molecule has 0 aromatic carbocycles. The van der Waals surface area contributed by atoms with E-state index in [1.807, 2.05) is 0 Å². The zero-order valence-electron chi connectivity index (χ0n) is 8.99. The van der Waals surface area contributed by atoms with Gasteiger partial charge in [0.1, 0.15) is 11.8 Å². The fourth-order valence-corrected chi connectivity index (χ4v) is 0.848. The maximum absolute atomic E-state index is 11.2. The third-order valence-electron chi connectivity index (χ3n) is 1.54. The van der Waals surface area contributed by atoms with Crippen LogP contribution >= 0.6 is 0 Å². The van der Waals surface area contributed by atoms with E-state index in [0.717, 1.165) is 0 Å². The SMILES string of the molecule is CC(C)(C)OC(=O)CC[C@H](N)C(N)O.